The van der Waals surface area contributed by atoms with Gasteiger partial charge in [0, 0.05) is 27.2 Å². The van der Waals surface area contributed by atoms with Crippen LogP contribution in [0.4, 0.5) is 0 Å². The van der Waals surface area contributed by atoms with Crippen LogP contribution in [0, 0.1) is 18.8 Å². The molecule has 0 fully saturated rings. The molecule has 7 heteroatoms. The van der Waals surface area contributed by atoms with E-state index in [2.05, 4.69) is 16.6 Å². The molecule has 0 aliphatic heterocycles. The van der Waals surface area contributed by atoms with E-state index >= 15 is 0 Å². The highest BCUT2D eigenvalue weighted by Gasteiger charge is 2.15. The molecule has 0 saturated heterocycles. The van der Waals surface area contributed by atoms with Crippen LogP contribution in [0.5, 0.6) is 0 Å². The van der Waals surface area contributed by atoms with Crippen molar-refractivity contribution in [3.05, 3.63) is 38.9 Å². The fourth-order valence-corrected chi connectivity index (χ4v) is 4.67. The maximum Gasteiger partial charge on any atom is 0.250 e. The molecule has 20 heavy (non-hydrogen) atoms. The predicted octanol–water partition coefficient (Wildman–Crippen LogP) is 1.91. The Balaban J connectivity index is 2.03. The van der Waals surface area contributed by atoms with Gasteiger partial charge in [0.25, 0.3) is 0 Å². The van der Waals surface area contributed by atoms with Crippen LogP contribution >= 0.6 is 22.7 Å². The van der Waals surface area contributed by atoms with Crippen LogP contribution in [0.15, 0.2) is 27.8 Å². The summed E-state index contributed by atoms with van der Waals surface area (Å²) in [5.74, 6) is 5.68. The van der Waals surface area contributed by atoms with Crippen molar-refractivity contribution in [1.29, 1.82) is 0 Å². The Morgan fingerprint density at radius 3 is 2.85 bits per heavy atom. The first-order chi connectivity index (χ1) is 9.51. The number of aryl methyl sites for hydroxylation is 1. The van der Waals surface area contributed by atoms with Gasteiger partial charge in [0.1, 0.15) is 4.21 Å². The van der Waals surface area contributed by atoms with E-state index in [0.717, 1.165) is 15.3 Å². The highest BCUT2D eigenvalue weighted by atomic mass is 32.2. The minimum absolute atomic E-state index is 0.272. The van der Waals surface area contributed by atoms with E-state index in [9.17, 15) is 8.42 Å². The zero-order chi connectivity index (χ0) is 14.6. The second-order valence-corrected chi connectivity index (χ2v) is 8.27. The number of hydrogen-bond acceptors (Lipinski definition) is 5. The zero-order valence-corrected chi connectivity index (χ0v) is 13.3. The maximum atomic E-state index is 12.1. The van der Waals surface area contributed by atoms with Gasteiger partial charge in [-0.15, -0.1) is 22.7 Å². The topological polar surface area (TPSA) is 72.2 Å². The number of nitrogens with one attached hydrogen (secondary N) is 1. The molecule has 2 aromatic heterocycles. The first-order valence-electron chi connectivity index (χ1n) is 5.84. The largest absolute Gasteiger partial charge is 0.320 e. The molecule has 0 bridgehead atoms. The molecule has 106 valence electrons. The van der Waals surface area contributed by atoms with Gasteiger partial charge in [-0.25, -0.2) is 13.1 Å². The first kappa shape index (κ1) is 15.2. The van der Waals surface area contributed by atoms with Gasteiger partial charge in [0.15, 0.2) is 0 Å². The van der Waals surface area contributed by atoms with Gasteiger partial charge in [-0.1, -0.05) is 11.8 Å². The summed E-state index contributed by atoms with van der Waals surface area (Å²) in [6, 6.07) is 5.29. The summed E-state index contributed by atoms with van der Waals surface area (Å²) in [6.45, 7) is 2.47. The summed E-state index contributed by atoms with van der Waals surface area (Å²) in [5.41, 5.74) is 6.17. The normalized spacial score (nSPS) is 11.1. The van der Waals surface area contributed by atoms with E-state index in [1.807, 2.05) is 18.4 Å². The minimum Gasteiger partial charge on any atom is -0.320 e. The summed E-state index contributed by atoms with van der Waals surface area (Å²) < 4.78 is 27.1. The fourth-order valence-electron chi connectivity index (χ4n) is 1.49. The van der Waals surface area contributed by atoms with Gasteiger partial charge in [0.2, 0.25) is 10.0 Å². The first-order valence-corrected chi connectivity index (χ1v) is 9.01. The van der Waals surface area contributed by atoms with Crippen molar-refractivity contribution >= 4 is 32.7 Å². The molecule has 2 aromatic rings. The van der Waals surface area contributed by atoms with Crippen LogP contribution in [0.25, 0.3) is 0 Å². The Morgan fingerprint density at radius 2 is 2.20 bits per heavy atom. The molecule has 0 unspecified atom stereocenters. The summed E-state index contributed by atoms with van der Waals surface area (Å²) in [4.78, 5) is 1.89. The third kappa shape index (κ3) is 3.91. The number of sulfonamides is 1. The van der Waals surface area contributed by atoms with Crippen LogP contribution in [-0.2, 0) is 16.6 Å². The predicted molar refractivity (Wildman–Crippen MR) is 83.3 cm³/mol. The second kappa shape index (κ2) is 6.52. The van der Waals surface area contributed by atoms with Crippen LogP contribution < -0.4 is 10.5 Å². The summed E-state index contributed by atoms with van der Waals surface area (Å²) in [5, 5.41) is 1.89. The van der Waals surface area contributed by atoms with Crippen molar-refractivity contribution in [3.63, 3.8) is 0 Å². The molecular weight excluding hydrogens is 312 g/mol. The molecule has 0 atom stereocenters. The van der Waals surface area contributed by atoms with Crippen molar-refractivity contribution in [2.24, 2.45) is 5.73 Å². The number of rotatable bonds is 4. The van der Waals surface area contributed by atoms with Gasteiger partial charge in [-0.05, 0) is 25.1 Å². The second-order valence-electron chi connectivity index (χ2n) is 4.00. The Labute approximate surface area is 126 Å². The third-order valence-electron chi connectivity index (χ3n) is 2.41. The lowest BCUT2D eigenvalue weighted by molar-refractivity contribution is 0.584. The van der Waals surface area contributed by atoms with Crippen LogP contribution in [0.2, 0.25) is 0 Å². The Kier molecular flexibility index (Phi) is 4.96. The average molecular weight is 326 g/mol. The van der Waals surface area contributed by atoms with Gasteiger partial charge >= 0.3 is 0 Å². The van der Waals surface area contributed by atoms with Crippen molar-refractivity contribution < 1.29 is 8.42 Å². The number of thiophene rings is 2. The monoisotopic (exact) mass is 326 g/mol. The van der Waals surface area contributed by atoms with Crippen molar-refractivity contribution in [2.75, 3.05) is 6.54 Å². The highest BCUT2D eigenvalue weighted by molar-refractivity contribution is 7.91. The summed E-state index contributed by atoms with van der Waals surface area (Å²) in [6.07, 6.45) is 0. The van der Waals surface area contributed by atoms with E-state index in [-0.39, 0.29) is 6.54 Å². The lowest BCUT2D eigenvalue weighted by Crippen LogP contribution is -2.21. The molecule has 0 aromatic carbocycles. The molecule has 2 heterocycles. The van der Waals surface area contributed by atoms with E-state index in [1.54, 1.807) is 12.1 Å². The molecule has 0 radical (unpaired) electrons. The van der Waals surface area contributed by atoms with Gasteiger partial charge in [0.05, 0.1) is 6.54 Å². The van der Waals surface area contributed by atoms with E-state index in [1.165, 1.54) is 22.7 Å². The van der Waals surface area contributed by atoms with E-state index < -0.39 is 10.0 Å². The smallest absolute Gasteiger partial charge is 0.250 e. The van der Waals surface area contributed by atoms with Crippen molar-refractivity contribution in [1.82, 2.24) is 4.72 Å². The molecule has 4 nitrogen and oxygen atoms in total. The minimum atomic E-state index is -3.43. The molecule has 2 rings (SSSR count). The molecule has 3 N–H and O–H groups in total. The fraction of sp³-hybridized carbons (Fsp3) is 0.231. The molecule has 0 saturated carbocycles. The van der Waals surface area contributed by atoms with Crippen molar-refractivity contribution in [3.8, 4) is 11.8 Å². The van der Waals surface area contributed by atoms with Crippen LogP contribution in [-0.4, -0.2) is 15.0 Å². The Morgan fingerprint density at radius 1 is 1.40 bits per heavy atom. The average Bonchev–Trinajstić information content (AvgIpc) is 3.03. The number of hydrogen-bond donors (Lipinski definition) is 2. The lowest BCUT2D eigenvalue weighted by atomic mass is 10.3. The molecule has 0 aliphatic rings. The van der Waals surface area contributed by atoms with Crippen LogP contribution in [0.3, 0.4) is 0 Å². The molecule has 0 spiro atoms. The Hall–Kier alpha value is -1.17. The van der Waals surface area contributed by atoms with Crippen LogP contribution in [0.1, 0.15) is 15.3 Å². The molecule has 0 amide bonds. The van der Waals surface area contributed by atoms with E-state index in [4.69, 9.17) is 5.73 Å². The SMILES string of the molecule is Cc1ccc(S(=O)(=O)NCc2cc(C#CCN)cs2)s1. The maximum absolute atomic E-state index is 12.1. The number of nitrogens with two attached hydrogens (primary N) is 1. The standard InChI is InChI=1S/C13H14N2O2S3/c1-10-4-5-13(19-10)20(16,17)15-8-12-7-11(9-18-12)3-2-6-14/h4-5,7,9,15H,6,8,14H2,1H3. The van der Waals surface area contributed by atoms with Gasteiger partial charge < -0.3 is 5.73 Å². The zero-order valence-electron chi connectivity index (χ0n) is 10.8. The van der Waals surface area contributed by atoms with Gasteiger partial charge in [-0.2, -0.15) is 0 Å². The summed E-state index contributed by atoms with van der Waals surface area (Å²) >= 11 is 2.74. The summed E-state index contributed by atoms with van der Waals surface area (Å²) in [7, 11) is -3.43. The van der Waals surface area contributed by atoms with Crippen molar-refractivity contribution in [2.45, 2.75) is 17.7 Å². The van der Waals surface area contributed by atoms with E-state index in [0.29, 0.717) is 10.8 Å². The highest BCUT2D eigenvalue weighted by Crippen LogP contribution is 2.21. The lowest BCUT2D eigenvalue weighted by Gasteiger charge is -2.02. The third-order valence-corrected chi connectivity index (χ3v) is 6.24. The Bertz CT molecular complexity index is 748. The van der Waals surface area contributed by atoms with Gasteiger partial charge in [-0.3, -0.25) is 0 Å². The molecule has 0 aliphatic carbocycles. The molecular formula is C13H14N2O2S3. The quantitative estimate of drug-likeness (QED) is 0.843.